The third kappa shape index (κ3) is 4.38. The molecule has 1 aliphatic rings. The number of ether oxygens (including phenoxy) is 1. The number of imidazole rings is 1. The summed E-state index contributed by atoms with van der Waals surface area (Å²) in [6.45, 7) is 6.86. The van der Waals surface area contributed by atoms with E-state index in [1.165, 1.54) is 0 Å². The number of fused-ring (bicyclic) bond motifs is 1. The predicted octanol–water partition coefficient (Wildman–Crippen LogP) is 2.34. The Bertz CT molecular complexity index is 717. The smallest absolute Gasteiger partial charge is 0.246 e. The lowest BCUT2D eigenvalue weighted by Crippen LogP contribution is -2.36. The van der Waals surface area contributed by atoms with E-state index in [9.17, 15) is 4.79 Å². The molecule has 0 saturated carbocycles. The van der Waals surface area contributed by atoms with Crippen molar-refractivity contribution in [2.75, 3.05) is 26.7 Å². The second-order valence-electron chi connectivity index (χ2n) is 7.07. The van der Waals surface area contributed by atoms with Crippen LogP contribution in [0.5, 0.6) is 0 Å². The molecule has 136 valence electrons. The highest BCUT2D eigenvalue weighted by molar-refractivity contribution is 5.78. The van der Waals surface area contributed by atoms with Crippen LogP contribution >= 0.6 is 0 Å². The minimum atomic E-state index is -0.0821. The van der Waals surface area contributed by atoms with Gasteiger partial charge in [0.15, 0.2) is 0 Å². The molecule has 0 bridgehead atoms. The molecule has 1 fully saturated rings. The number of piperidine rings is 1. The molecule has 2 aromatic rings. The Morgan fingerprint density at radius 3 is 2.76 bits per heavy atom. The van der Waals surface area contributed by atoms with E-state index in [0.29, 0.717) is 6.54 Å². The van der Waals surface area contributed by atoms with Crippen LogP contribution in [0, 0.1) is 0 Å². The Kier molecular flexibility index (Phi) is 5.71. The van der Waals surface area contributed by atoms with Crippen molar-refractivity contribution in [3.8, 4) is 0 Å². The third-order valence-corrected chi connectivity index (χ3v) is 4.74. The summed E-state index contributed by atoms with van der Waals surface area (Å²) < 4.78 is 7.93. The van der Waals surface area contributed by atoms with Crippen molar-refractivity contribution >= 4 is 16.9 Å². The largest absolute Gasteiger partial charge is 0.368 e. The van der Waals surface area contributed by atoms with E-state index in [1.807, 2.05) is 18.2 Å². The minimum Gasteiger partial charge on any atom is -0.368 e. The second-order valence-corrected chi connectivity index (χ2v) is 7.07. The van der Waals surface area contributed by atoms with E-state index in [4.69, 9.17) is 4.74 Å². The molecule has 1 aromatic heterocycles. The number of para-hydroxylation sites is 2. The first kappa shape index (κ1) is 17.9. The molecule has 1 aliphatic heterocycles. The van der Waals surface area contributed by atoms with Crippen molar-refractivity contribution in [1.82, 2.24) is 19.8 Å². The van der Waals surface area contributed by atoms with E-state index in [1.54, 1.807) is 0 Å². The van der Waals surface area contributed by atoms with Crippen LogP contribution in [0.3, 0.4) is 0 Å². The highest BCUT2D eigenvalue weighted by Crippen LogP contribution is 2.20. The van der Waals surface area contributed by atoms with E-state index in [2.05, 4.69) is 46.7 Å². The van der Waals surface area contributed by atoms with Crippen molar-refractivity contribution in [2.24, 2.45) is 0 Å². The topological polar surface area (TPSA) is 59.4 Å². The van der Waals surface area contributed by atoms with Gasteiger partial charge in [0.2, 0.25) is 5.91 Å². The summed E-state index contributed by atoms with van der Waals surface area (Å²) in [7, 11) is 2.11. The quantitative estimate of drug-likeness (QED) is 0.874. The summed E-state index contributed by atoms with van der Waals surface area (Å²) in [5, 5.41) is 2.95. The van der Waals surface area contributed by atoms with Gasteiger partial charge in [0, 0.05) is 19.1 Å². The molecule has 0 aliphatic carbocycles. The number of carbonyl (C=O) groups excluding carboxylic acids is 1. The van der Waals surface area contributed by atoms with Crippen LogP contribution in [0.4, 0.5) is 0 Å². The summed E-state index contributed by atoms with van der Waals surface area (Å²) in [6.07, 6.45) is 2.18. The Morgan fingerprint density at radius 1 is 1.32 bits per heavy atom. The third-order valence-electron chi connectivity index (χ3n) is 4.74. The van der Waals surface area contributed by atoms with Crippen LogP contribution in [-0.4, -0.2) is 53.2 Å². The van der Waals surface area contributed by atoms with Gasteiger partial charge in [-0.3, -0.25) is 4.79 Å². The zero-order valence-electron chi connectivity index (χ0n) is 15.4. The van der Waals surface area contributed by atoms with Gasteiger partial charge in [0.25, 0.3) is 0 Å². The van der Waals surface area contributed by atoms with Crippen LogP contribution in [0.25, 0.3) is 11.0 Å². The van der Waals surface area contributed by atoms with Crippen LogP contribution in [0.1, 0.15) is 38.6 Å². The monoisotopic (exact) mass is 344 g/mol. The van der Waals surface area contributed by atoms with Crippen LogP contribution < -0.4 is 5.32 Å². The summed E-state index contributed by atoms with van der Waals surface area (Å²) in [4.78, 5) is 19.1. The first-order valence-corrected chi connectivity index (χ1v) is 9.07. The molecular weight excluding hydrogens is 316 g/mol. The highest BCUT2D eigenvalue weighted by atomic mass is 16.5. The van der Waals surface area contributed by atoms with E-state index in [0.717, 1.165) is 42.8 Å². The first-order chi connectivity index (χ1) is 12.0. The van der Waals surface area contributed by atoms with Gasteiger partial charge in [-0.25, -0.2) is 4.98 Å². The average molecular weight is 344 g/mol. The Labute approximate surface area is 149 Å². The summed E-state index contributed by atoms with van der Waals surface area (Å²) in [5.41, 5.74) is 2.06. The predicted molar refractivity (Wildman–Crippen MR) is 98.4 cm³/mol. The van der Waals surface area contributed by atoms with Crippen molar-refractivity contribution < 1.29 is 9.53 Å². The molecule has 0 radical (unpaired) electrons. The maximum atomic E-state index is 12.1. The Morgan fingerprint density at radius 2 is 2.04 bits per heavy atom. The number of benzene rings is 1. The summed E-state index contributed by atoms with van der Waals surface area (Å²) in [5.74, 6) is 0.796. The van der Waals surface area contributed by atoms with Gasteiger partial charge in [-0.1, -0.05) is 12.1 Å². The molecule has 25 heavy (non-hydrogen) atoms. The van der Waals surface area contributed by atoms with E-state index >= 15 is 0 Å². The van der Waals surface area contributed by atoms with Gasteiger partial charge >= 0.3 is 0 Å². The maximum Gasteiger partial charge on any atom is 0.246 e. The van der Waals surface area contributed by atoms with Gasteiger partial charge in [-0.15, -0.1) is 0 Å². The average Bonchev–Trinajstić information content (AvgIpc) is 2.98. The van der Waals surface area contributed by atoms with Crippen LogP contribution in [0.15, 0.2) is 24.3 Å². The summed E-state index contributed by atoms with van der Waals surface area (Å²) >= 11 is 0. The molecule has 2 heterocycles. The fraction of sp³-hybridized carbons (Fsp3) is 0.579. The number of amides is 1. The summed E-state index contributed by atoms with van der Waals surface area (Å²) in [6, 6.07) is 8.35. The minimum absolute atomic E-state index is 0.0821. The molecule has 0 atom stereocenters. The normalized spacial score (nSPS) is 16.6. The molecule has 1 N–H and O–H groups in total. The maximum absolute atomic E-state index is 12.1. The van der Waals surface area contributed by atoms with Crippen molar-refractivity contribution in [3.05, 3.63) is 30.1 Å². The fourth-order valence-electron chi connectivity index (χ4n) is 3.37. The molecule has 1 amide bonds. The number of likely N-dealkylation sites (tertiary alicyclic amines) is 1. The first-order valence-electron chi connectivity index (χ1n) is 9.07. The number of carbonyl (C=O) groups is 1. The van der Waals surface area contributed by atoms with E-state index in [-0.39, 0.29) is 24.7 Å². The molecule has 3 rings (SSSR count). The number of aromatic nitrogens is 2. The molecule has 6 heteroatoms. The van der Waals surface area contributed by atoms with Gasteiger partial charge in [-0.2, -0.15) is 0 Å². The lowest BCUT2D eigenvalue weighted by molar-refractivity contribution is -0.128. The van der Waals surface area contributed by atoms with Gasteiger partial charge < -0.3 is 19.5 Å². The highest BCUT2D eigenvalue weighted by Gasteiger charge is 2.18. The standard InChI is InChI=1S/C19H28N4O2/c1-14(2)23-17-7-5-4-6-16(17)21-18(23)12-20-19(24)13-25-15-8-10-22(3)11-9-15/h4-7,14-15H,8-13H2,1-3H3,(H,20,24). The number of nitrogens with one attached hydrogen (secondary N) is 1. The van der Waals surface area contributed by atoms with Gasteiger partial charge in [0.05, 0.1) is 23.7 Å². The van der Waals surface area contributed by atoms with Crippen molar-refractivity contribution in [1.29, 1.82) is 0 Å². The Hall–Kier alpha value is -1.92. The lowest BCUT2D eigenvalue weighted by Gasteiger charge is -2.28. The zero-order chi connectivity index (χ0) is 17.8. The Balaban J connectivity index is 1.55. The molecule has 1 aromatic carbocycles. The molecule has 0 unspecified atom stereocenters. The molecule has 6 nitrogen and oxygen atoms in total. The lowest BCUT2D eigenvalue weighted by atomic mass is 10.1. The van der Waals surface area contributed by atoms with Gasteiger partial charge in [0.1, 0.15) is 12.4 Å². The van der Waals surface area contributed by atoms with Gasteiger partial charge in [-0.05, 0) is 45.9 Å². The number of hydrogen-bond donors (Lipinski definition) is 1. The number of hydrogen-bond acceptors (Lipinski definition) is 4. The van der Waals surface area contributed by atoms with Crippen LogP contribution in [0.2, 0.25) is 0 Å². The zero-order valence-corrected chi connectivity index (χ0v) is 15.4. The van der Waals surface area contributed by atoms with Crippen molar-refractivity contribution in [3.63, 3.8) is 0 Å². The molecule has 1 saturated heterocycles. The van der Waals surface area contributed by atoms with Crippen LogP contribution in [-0.2, 0) is 16.1 Å². The van der Waals surface area contributed by atoms with E-state index < -0.39 is 0 Å². The fourth-order valence-corrected chi connectivity index (χ4v) is 3.37. The number of rotatable bonds is 6. The molecular formula is C19H28N4O2. The second kappa shape index (κ2) is 7.97. The SMILES string of the molecule is CC(C)n1c(CNC(=O)COC2CCN(C)CC2)nc2ccccc21. The molecule has 0 spiro atoms. The van der Waals surface area contributed by atoms with Crippen molar-refractivity contribution in [2.45, 2.75) is 45.4 Å². The number of nitrogens with zero attached hydrogens (tertiary/aromatic N) is 3.